The second-order valence-electron chi connectivity index (χ2n) is 9.84. The molecule has 4 rings (SSSR count). The first-order valence-electron chi connectivity index (χ1n) is 12.7. The predicted molar refractivity (Wildman–Crippen MR) is 137 cm³/mol. The predicted octanol–water partition coefficient (Wildman–Crippen LogP) is 5.15. The molecular weight excluding hydrogens is 448 g/mol. The van der Waals surface area contributed by atoms with Crippen LogP contribution in [0.3, 0.4) is 0 Å². The molecule has 1 saturated carbocycles. The maximum absolute atomic E-state index is 11.3. The third-order valence-corrected chi connectivity index (χ3v) is 9.03. The molecule has 1 aromatic carbocycles. The molecule has 2 unspecified atom stereocenters. The normalized spacial score (nSPS) is 22.4. The zero-order valence-electron chi connectivity index (χ0n) is 20.2. The van der Waals surface area contributed by atoms with E-state index in [0.717, 1.165) is 66.4 Å². The summed E-state index contributed by atoms with van der Waals surface area (Å²) in [6, 6.07) is 7.65. The lowest BCUT2D eigenvalue weighted by atomic mass is 9.79. The SMILES string of the molecule is COc1ccc2nccc([C@@H](O)CCC3CCN(CCSC4CCC4)CC3CCC(=O)O)c2c1. The van der Waals surface area contributed by atoms with Gasteiger partial charge in [0.1, 0.15) is 5.75 Å². The number of rotatable bonds is 12. The van der Waals surface area contributed by atoms with Crippen LogP contribution in [0.15, 0.2) is 30.5 Å². The third-order valence-electron chi connectivity index (χ3n) is 7.67. The molecule has 2 aromatic rings. The molecule has 2 N–H and O–H groups in total. The highest BCUT2D eigenvalue weighted by molar-refractivity contribution is 7.99. The minimum absolute atomic E-state index is 0.225. The topological polar surface area (TPSA) is 82.9 Å². The number of carboxylic acid groups (broad SMARTS) is 1. The van der Waals surface area contributed by atoms with E-state index in [1.54, 1.807) is 13.3 Å². The summed E-state index contributed by atoms with van der Waals surface area (Å²) in [6.07, 6.45) is 8.90. The van der Waals surface area contributed by atoms with E-state index in [0.29, 0.717) is 18.3 Å². The van der Waals surface area contributed by atoms with Crippen LogP contribution < -0.4 is 4.74 Å². The largest absolute Gasteiger partial charge is 0.497 e. The van der Waals surface area contributed by atoms with E-state index in [4.69, 9.17) is 4.74 Å². The van der Waals surface area contributed by atoms with E-state index >= 15 is 0 Å². The summed E-state index contributed by atoms with van der Waals surface area (Å²) < 4.78 is 5.37. The summed E-state index contributed by atoms with van der Waals surface area (Å²) >= 11 is 2.11. The van der Waals surface area contributed by atoms with Gasteiger partial charge in [-0.2, -0.15) is 11.8 Å². The lowest BCUT2D eigenvalue weighted by molar-refractivity contribution is -0.137. The Balaban J connectivity index is 1.35. The fourth-order valence-corrected chi connectivity index (χ4v) is 6.72. The maximum atomic E-state index is 11.3. The lowest BCUT2D eigenvalue weighted by Gasteiger charge is -2.39. The zero-order valence-corrected chi connectivity index (χ0v) is 21.0. The fourth-order valence-electron chi connectivity index (χ4n) is 5.35. The van der Waals surface area contributed by atoms with E-state index in [-0.39, 0.29) is 6.42 Å². The molecule has 0 amide bonds. The minimum atomic E-state index is -0.714. The number of ether oxygens (including phenoxy) is 1. The van der Waals surface area contributed by atoms with Gasteiger partial charge in [0.05, 0.1) is 18.7 Å². The van der Waals surface area contributed by atoms with Crippen molar-refractivity contribution in [1.82, 2.24) is 9.88 Å². The Bertz CT molecular complexity index is 951. The highest BCUT2D eigenvalue weighted by Crippen LogP contribution is 2.36. The molecule has 3 atom stereocenters. The first-order chi connectivity index (χ1) is 16.5. The van der Waals surface area contributed by atoms with E-state index in [1.807, 2.05) is 24.3 Å². The van der Waals surface area contributed by atoms with Gasteiger partial charge in [0.2, 0.25) is 0 Å². The van der Waals surface area contributed by atoms with E-state index in [9.17, 15) is 15.0 Å². The lowest BCUT2D eigenvalue weighted by Crippen LogP contribution is -2.42. The number of aromatic nitrogens is 1. The number of carbonyl (C=O) groups is 1. The third kappa shape index (κ3) is 6.64. The van der Waals surface area contributed by atoms with Crippen molar-refractivity contribution in [3.05, 3.63) is 36.0 Å². The van der Waals surface area contributed by atoms with Crippen molar-refractivity contribution in [2.24, 2.45) is 11.8 Å². The van der Waals surface area contributed by atoms with Gasteiger partial charge >= 0.3 is 5.97 Å². The molecule has 1 aliphatic heterocycles. The number of benzene rings is 1. The van der Waals surface area contributed by atoms with Gasteiger partial charge in [-0.1, -0.05) is 6.42 Å². The van der Waals surface area contributed by atoms with Gasteiger partial charge < -0.3 is 19.8 Å². The quantitative estimate of drug-likeness (QED) is 0.429. The van der Waals surface area contributed by atoms with Crippen LogP contribution in [-0.2, 0) is 4.79 Å². The monoisotopic (exact) mass is 486 g/mol. The molecular formula is C27H38N2O4S. The van der Waals surface area contributed by atoms with Gasteiger partial charge in [-0.05, 0) is 86.7 Å². The molecule has 0 bridgehead atoms. The molecule has 34 heavy (non-hydrogen) atoms. The van der Waals surface area contributed by atoms with Crippen LogP contribution >= 0.6 is 11.8 Å². The Morgan fingerprint density at radius 3 is 2.82 bits per heavy atom. The molecule has 7 heteroatoms. The van der Waals surface area contributed by atoms with Crippen molar-refractivity contribution >= 4 is 28.6 Å². The Kier molecular flexibility index (Phi) is 9.09. The van der Waals surface area contributed by atoms with Crippen molar-refractivity contribution in [1.29, 1.82) is 0 Å². The van der Waals surface area contributed by atoms with Crippen molar-refractivity contribution in [2.45, 2.75) is 62.7 Å². The average Bonchev–Trinajstić information content (AvgIpc) is 2.82. The second kappa shape index (κ2) is 12.2. The number of nitrogens with zero attached hydrogens (tertiary/aromatic N) is 2. The summed E-state index contributed by atoms with van der Waals surface area (Å²) in [5.74, 6) is 2.05. The standard InChI is InChI=1S/C27H38N2O4S/c1-33-21-7-8-25-24(17-21)23(11-13-28-25)26(30)9-5-19-12-14-29(15-16-34-22-3-2-4-22)18-20(19)6-10-27(31)32/h7-8,11,13,17,19-20,22,26,30H,2-6,9-10,12,14-16,18H2,1H3,(H,31,32)/t19?,20?,26-/m0/s1. The van der Waals surface area contributed by atoms with Crippen LogP contribution in [-0.4, -0.2) is 63.8 Å². The molecule has 1 saturated heterocycles. The first-order valence-corrected chi connectivity index (χ1v) is 13.7. The molecule has 2 aliphatic rings. The molecule has 1 aliphatic carbocycles. The Labute approximate surface area is 207 Å². The minimum Gasteiger partial charge on any atom is -0.497 e. The fraction of sp³-hybridized carbons (Fsp3) is 0.630. The van der Waals surface area contributed by atoms with Gasteiger partial charge in [0.15, 0.2) is 0 Å². The Hall–Kier alpha value is -1.83. The van der Waals surface area contributed by atoms with Crippen LogP contribution in [0.2, 0.25) is 0 Å². The highest BCUT2D eigenvalue weighted by atomic mass is 32.2. The van der Waals surface area contributed by atoms with Gasteiger partial charge in [-0.25, -0.2) is 0 Å². The number of fused-ring (bicyclic) bond motifs is 1. The number of thioether (sulfide) groups is 1. The molecule has 1 aromatic heterocycles. The summed E-state index contributed by atoms with van der Waals surface area (Å²) in [4.78, 5) is 18.2. The number of hydrogen-bond donors (Lipinski definition) is 2. The van der Waals surface area contributed by atoms with Gasteiger partial charge in [-0.15, -0.1) is 0 Å². The average molecular weight is 487 g/mol. The summed E-state index contributed by atoms with van der Waals surface area (Å²) in [5, 5.41) is 22.2. The van der Waals surface area contributed by atoms with Crippen molar-refractivity contribution in [3.63, 3.8) is 0 Å². The molecule has 0 spiro atoms. The number of pyridine rings is 1. The maximum Gasteiger partial charge on any atom is 0.303 e. The number of likely N-dealkylation sites (tertiary alicyclic amines) is 1. The van der Waals surface area contributed by atoms with Crippen LogP contribution in [0.1, 0.15) is 63.0 Å². The molecule has 2 heterocycles. The van der Waals surface area contributed by atoms with E-state index < -0.39 is 12.1 Å². The Morgan fingerprint density at radius 1 is 1.24 bits per heavy atom. The van der Waals surface area contributed by atoms with Crippen LogP contribution in [0, 0.1) is 11.8 Å². The van der Waals surface area contributed by atoms with E-state index in [2.05, 4.69) is 21.6 Å². The number of aliphatic hydroxyl groups excluding tert-OH is 1. The molecule has 186 valence electrons. The second-order valence-corrected chi connectivity index (χ2v) is 11.3. The number of carboxylic acids is 1. The van der Waals surface area contributed by atoms with Crippen molar-refractivity contribution < 1.29 is 19.7 Å². The Morgan fingerprint density at radius 2 is 2.09 bits per heavy atom. The van der Waals surface area contributed by atoms with Crippen LogP contribution in [0.25, 0.3) is 10.9 Å². The van der Waals surface area contributed by atoms with Crippen molar-refractivity contribution in [3.8, 4) is 5.75 Å². The molecule has 2 fully saturated rings. The number of hydrogen-bond acceptors (Lipinski definition) is 6. The molecule has 0 radical (unpaired) electrons. The smallest absolute Gasteiger partial charge is 0.303 e. The molecule has 6 nitrogen and oxygen atoms in total. The van der Waals surface area contributed by atoms with Crippen LogP contribution in [0.5, 0.6) is 5.75 Å². The summed E-state index contributed by atoms with van der Waals surface area (Å²) in [7, 11) is 1.64. The zero-order chi connectivity index (χ0) is 23.9. The highest BCUT2D eigenvalue weighted by Gasteiger charge is 2.30. The number of methoxy groups -OCH3 is 1. The number of aliphatic hydroxyl groups is 1. The first kappa shape index (κ1) is 25.3. The summed E-state index contributed by atoms with van der Waals surface area (Å²) in [5.41, 5.74) is 1.74. The van der Waals surface area contributed by atoms with Gasteiger partial charge in [0, 0.05) is 42.1 Å². The van der Waals surface area contributed by atoms with E-state index in [1.165, 1.54) is 25.0 Å². The summed E-state index contributed by atoms with van der Waals surface area (Å²) in [6.45, 7) is 3.16. The van der Waals surface area contributed by atoms with Crippen molar-refractivity contribution in [2.75, 3.05) is 32.5 Å². The number of aliphatic carboxylic acids is 1. The van der Waals surface area contributed by atoms with Gasteiger partial charge in [0.25, 0.3) is 0 Å². The van der Waals surface area contributed by atoms with Crippen LogP contribution in [0.4, 0.5) is 0 Å². The van der Waals surface area contributed by atoms with Gasteiger partial charge in [-0.3, -0.25) is 9.78 Å². The number of piperidine rings is 1.